The average molecular weight is 615 g/mol. The van der Waals surface area contributed by atoms with Crippen molar-refractivity contribution in [2.24, 2.45) is 5.16 Å². The zero-order valence-electron chi connectivity index (χ0n) is 21.4. The first-order chi connectivity index (χ1) is 19.1. The molecule has 0 spiro atoms. The summed E-state index contributed by atoms with van der Waals surface area (Å²) in [5.41, 5.74) is 3.32. The number of nitrogen functional groups attached to an aromatic ring is 1. The fourth-order valence-corrected chi connectivity index (χ4v) is 4.64. The Hall–Kier alpha value is -4.69. The van der Waals surface area contributed by atoms with Gasteiger partial charge in [0.25, 0.3) is 17.5 Å². The zero-order chi connectivity index (χ0) is 30.7. The van der Waals surface area contributed by atoms with E-state index in [0.717, 1.165) is 18.4 Å². The van der Waals surface area contributed by atoms with Gasteiger partial charge in [0.05, 0.1) is 12.0 Å². The summed E-state index contributed by atoms with van der Waals surface area (Å²) in [6.07, 6.45) is 0. The van der Waals surface area contributed by atoms with Gasteiger partial charge in [-0.05, 0) is 31.5 Å². The molecular formula is C21H22N6O12S2. The summed E-state index contributed by atoms with van der Waals surface area (Å²) in [6.45, 7) is 2.24. The Balaban J connectivity index is 1.78. The van der Waals surface area contributed by atoms with E-state index in [2.05, 4.69) is 20.2 Å². The van der Waals surface area contributed by atoms with Gasteiger partial charge in [-0.1, -0.05) is 5.16 Å². The van der Waals surface area contributed by atoms with Crippen LogP contribution in [-0.2, 0) is 50.4 Å². The lowest BCUT2D eigenvalue weighted by Gasteiger charge is -2.41. The average Bonchev–Trinajstić information content (AvgIpc) is 3.33. The second-order valence-electron chi connectivity index (χ2n) is 8.64. The second-order valence-corrected chi connectivity index (χ2v) is 10.8. The molecule has 220 valence electrons. The lowest BCUT2D eigenvalue weighted by atomic mass is 9.98. The molecule has 2 amide bonds. The van der Waals surface area contributed by atoms with Crippen molar-refractivity contribution in [1.82, 2.24) is 14.6 Å². The summed E-state index contributed by atoms with van der Waals surface area (Å²) in [4.78, 5) is 69.5. The number of rotatable bonds is 11. The first kappa shape index (κ1) is 30.8. The van der Waals surface area contributed by atoms with Crippen LogP contribution in [0.2, 0.25) is 0 Å². The van der Waals surface area contributed by atoms with Gasteiger partial charge in [0.15, 0.2) is 16.9 Å². The molecule has 41 heavy (non-hydrogen) atoms. The van der Waals surface area contributed by atoms with Crippen molar-refractivity contribution in [3.63, 3.8) is 0 Å². The first-order valence-corrected chi connectivity index (χ1v) is 13.4. The van der Waals surface area contributed by atoms with Crippen molar-refractivity contribution < 1.29 is 51.4 Å². The summed E-state index contributed by atoms with van der Waals surface area (Å²) in [5.74, 6) is -4.73. The number of anilines is 1. The third-order valence-electron chi connectivity index (χ3n) is 5.38. The van der Waals surface area contributed by atoms with E-state index in [9.17, 15) is 42.3 Å². The van der Waals surface area contributed by atoms with Crippen molar-refractivity contribution >= 4 is 61.9 Å². The van der Waals surface area contributed by atoms with E-state index >= 15 is 0 Å². The van der Waals surface area contributed by atoms with Gasteiger partial charge in [0.1, 0.15) is 18.3 Å². The molecule has 20 heteroatoms. The van der Waals surface area contributed by atoms with Crippen LogP contribution in [0.25, 0.3) is 0 Å². The molecule has 0 bridgehead atoms. The van der Waals surface area contributed by atoms with Crippen LogP contribution in [0.4, 0.5) is 10.8 Å². The standard InChI is InChI=1S/C21H22N6O12S2/c1-21(2,19(31)38-8-10-4-6-11(7-5-10)27(32)33)39-25-13(12-9-40-20(22)23-12)16(28)24-14-15(18(30)37-3)26(17(14)29)41(34,35)36/h4-7,9,14-15H,8H2,1-3H3,(H2,22,23)(H,24,28)(H,34,35,36)/b25-13-/t14-,15-/m1/s1. The van der Waals surface area contributed by atoms with Crippen molar-refractivity contribution in [1.29, 1.82) is 0 Å². The van der Waals surface area contributed by atoms with Crippen LogP contribution in [0.15, 0.2) is 34.8 Å². The third kappa shape index (κ3) is 6.91. The molecule has 0 radical (unpaired) electrons. The quantitative estimate of drug-likeness (QED) is 0.0723. The van der Waals surface area contributed by atoms with E-state index in [0.29, 0.717) is 5.56 Å². The maximum atomic E-state index is 13.1. The minimum atomic E-state index is -5.16. The number of ether oxygens (including phenoxy) is 2. The number of carbonyl (C=O) groups excluding carboxylic acids is 4. The van der Waals surface area contributed by atoms with Crippen LogP contribution in [0.3, 0.4) is 0 Å². The largest absolute Gasteiger partial charge is 0.467 e. The summed E-state index contributed by atoms with van der Waals surface area (Å²) in [6, 6.07) is 1.54. The predicted molar refractivity (Wildman–Crippen MR) is 137 cm³/mol. The molecule has 2 heterocycles. The van der Waals surface area contributed by atoms with Crippen LogP contribution in [0.5, 0.6) is 0 Å². The number of nitrogens with zero attached hydrogens (tertiary/aromatic N) is 4. The second kappa shape index (κ2) is 11.8. The number of thiazole rings is 1. The third-order valence-corrected chi connectivity index (χ3v) is 6.96. The first-order valence-electron chi connectivity index (χ1n) is 11.1. The lowest BCUT2D eigenvalue weighted by Crippen LogP contribution is -2.74. The minimum Gasteiger partial charge on any atom is -0.467 e. The summed E-state index contributed by atoms with van der Waals surface area (Å²) >= 11 is 0.905. The van der Waals surface area contributed by atoms with E-state index in [1.54, 1.807) is 0 Å². The zero-order valence-corrected chi connectivity index (χ0v) is 23.0. The number of nitrogens with one attached hydrogen (secondary N) is 1. The van der Waals surface area contributed by atoms with Crippen molar-refractivity contribution in [2.45, 2.75) is 38.1 Å². The molecule has 1 aromatic carbocycles. The number of esters is 2. The van der Waals surface area contributed by atoms with Gasteiger partial charge in [0.2, 0.25) is 5.60 Å². The molecule has 2 atom stereocenters. The predicted octanol–water partition coefficient (Wildman–Crippen LogP) is -0.452. The molecule has 0 saturated carbocycles. The molecule has 3 rings (SSSR count). The van der Waals surface area contributed by atoms with Gasteiger partial charge in [-0.15, -0.1) is 11.3 Å². The highest BCUT2D eigenvalue weighted by Gasteiger charge is 2.58. The Bertz CT molecular complexity index is 1520. The monoisotopic (exact) mass is 614 g/mol. The summed E-state index contributed by atoms with van der Waals surface area (Å²) < 4.78 is 41.7. The molecule has 1 aliphatic rings. The van der Waals surface area contributed by atoms with E-state index in [-0.39, 0.29) is 27.4 Å². The maximum absolute atomic E-state index is 13.1. The molecule has 2 aromatic rings. The lowest BCUT2D eigenvalue weighted by molar-refractivity contribution is -0.384. The smallest absolute Gasteiger partial charge is 0.363 e. The van der Waals surface area contributed by atoms with E-state index < -0.39 is 62.4 Å². The summed E-state index contributed by atoms with van der Waals surface area (Å²) in [5, 5.41) is 17.9. The molecule has 1 saturated heterocycles. The maximum Gasteiger partial charge on any atom is 0.363 e. The number of amides is 2. The van der Waals surface area contributed by atoms with Crippen LogP contribution in [0.1, 0.15) is 25.1 Å². The molecule has 1 aliphatic heterocycles. The van der Waals surface area contributed by atoms with Gasteiger partial charge < -0.3 is 25.4 Å². The number of non-ortho nitro benzene ring substituents is 1. The van der Waals surface area contributed by atoms with Gasteiger partial charge in [-0.25, -0.2) is 14.6 Å². The Morgan fingerprint density at radius 1 is 1.29 bits per heavy atom. The van der Waals surface area contributed by atoms with Gasteiger partial charge in [-0.2, -0.15) is 12.7 Å². The normalized spacial score (nSPS) is 17.3. The number of nitro groups is 1. The fraction of sp³-hybridized carbons (Fsp3) is 0.333. The van der Waals surface area contributed by atoms with E-state index in [4.69, 9.17) is 15.3 Å². The van der Waals surface area contributed by atoms with Crippen LogP contribution < -0.4 is 11.1 Å². The van der Waals surface area contributed by atoms with Crippen molar-refractivity contribution in [3.05, 3.63) is 51.0 Å². The van der Waals surface area contributed by atoms with Crippen LogP contribution in [-0.4, -0.2) is 81.4 Å². The Kier molecular flexibility index (Phi) is 8.89. The number of oxime groups is 1. The number of aromatic nitrogens is 1. The number of carbonyl (C=O) groups is 4. The SMILES string of the molecule is COC(=O)[C@H]1[C@@H](NC(=O)/C(=N\OC(C)(C)C(=O)OCc2ccc([N+](=O)[O-])cc2)c2csc(N)n2)C(=O)N1S(=O)(=O)O. The van der Waals surface area contributed by atoms with E-state index in [1.165, 1.54) is 43.5 Å². The highest BCUT2D eigenvalue weighted by molar-refractivity contribution is 7.84. The van der Waals surface area contributed by atoms with Crippen molar-refractivity contribution in [2.75, 3.05) is 12.8 Å². The Morgan fingerprint density at radius 2 is 1.93 bits per heavy atom. The molecular weight excluding hydrogens is 592 g/mol. The number of methoxy groups -OCH3 is 1. The van der Waals surface area contributed by atoms with Crippen molar-refractivity contribution in [3.8, 4) is 0 Å². The summed E-state index contributed by atoms with van der Waals surface area (Å²) in [7, 11) is -4.26. The van der Waals surface area contributed by atoms with Gasteiger partial charge >= 0.3 is 22.2 Å². The molecule has 1 aromatic heterocycles. The van der Waals surface area contributed by atoms with Crippen LogP contribution in [0, 0.1) is 10.1 Å². The minimum absolute atomic E-state index is 0.00646. The number of β-lactam (4-membered cyclic amide) rings is 1. The van der Waals surface area contributed by atoms with Crippen LogP contribution >= 0.6 is 11.3 Å². The van der Waals surface area contributed by atoms with Gasteiger partial charge in [0, 0.05) is 17.5 Å². The molecule has 0 aliphatic carbocycles. The number of nitro benzene ring substituents is 1. The highest BCUT2D eigenvalue weighted by atomic mass is 32.2. The molecule has 1 fully saturated rings. The van der Waals surface area contributed by atoms with E-state index in [1.807, 2.05) is 0 Å². The Morgan fingerprint density at radius 3 is 2.44 bits per heavy atom. The fourth-order valence-electron chi connectivity index (χ4n) is 3.26. The molecule has 4 N–H and O–H groups in total. The Labute approximate surface area is 235 Å². The number of benzene rings is 1. The van der Waals surface area contributed by atoms with Gasteiger partial charge in [-0.3, -0.25) is 24.3 Å². The molecule has 18 nitrogen and oxygen atoms in total. The molecule has 0 unspecified atom stereocenters. The number of nitrogens with two attached hydrogens (primary N) is 1. The highest BCUT2D eigenvalue weighted by Crippen LogP contribution is 2.25. The topological polar surface area (TPSA) is 260 Å². The number of hydrogen-bond donors (Lipinski definition) is 3. The number of hydrogen-bond acceptors (Lipinski definition) is 15.